The molecule has 0 radical (unpaired) electrons. The molecule has 0 spiro atoms. The fraction of sp³-hybridized carbons (Fsp3) is 0.417. The molecule has 3 rings (SSSR count). The second kappa shape index (κ2) is 5.15. The van der Waals surface area contributed by atoms with Gasteiger partial charge in [0.2, 0.25) is 10.0 Å². The predicted molar refractivity (Wildman–Crippen MR) is 87.4 cm³/mol. The van der Waals surface area contributed by atoms with Gasteiger partial charge in [-0.05, 0) is 40.8 Å². The molecular formula is C12H15IN4O2S. The van der Waals surface area contributed by atoms with Crippen molar-refractivity contribution in [3.63, 3.8) is 0 Å². The smallest absolute Gasteiger partial charge is 0.211 e. The number of hydrogen-bond acceptors (Lipinski definition) is 4. The van der Waals surface area contributed by atoms with Crippen LogP contribution >= 0.6 is 22.6 Å². The lowest BCUT2D eigenvalue weighted by molar-refractivity contribution is 0.388. The van der Waals surface area contributed by atoms with Crippen LogP contribution in [-0.4, -0.2) is 55.4 Å². The Bertz CT molecular complexity index is 735. The minimum atomic E-state index is -3.07. The van der Waals surface area contributed by atoms with Crippen molar-refractivity contribution >= 4 is 49.2 Å². The van der Waals surface area contributed by atoms with Gasteiger partial charge in [-0.3, -0.25) is 5.10 Å². The summed E-state index contributed by atoms with van der Waals surface area (Å²) in [6.45, 7) is 2.51. The Balaban J connectivity index is 1.81. The van der Waals surface area contributed by atoms with Crippen molar-refractivity contribution in [2.24, 2.45) is 0 Å². The lowest BCUT2D eigenvalue weighted by Gasteiger charge is -2.34. The first-order chi connectivity index (χ1) is 9.45. The summed E-state index contributed by atoms with van der Waals surface area (Å²) in [7, 11) is -3.07. The molecule has 1 fully saturated rings. The van der Waals surface area contributed by atoms with Gasteiger partial charge >= 0.3 is 0 Å². The molecule has 2 heterocycles. The maximum atomic E-state index is 11.5. The first-order valence-corrected chi connectivity index (χ1v) is 9.21. The number of piperazine rings is 1. The van der Waals surface area contributed by atoms with E-state index in [2.05, 4.69) is 43.8 Å². The van der Waals surface area contributed by atoms with Gasteiger partial charge in [0.15, 0.2) is 0 Å². The fourth-order valence-corrected chi connectivity index (χ4v) is 3.82. The first-order valence-electron chi connectivity index (χ1n) is 6.29. The highest BCUT2D eigenvalue weighted by atomic mass is 127. The van der Waals surface area contributed by atoms with Gasteiger partial charge in [0, 0.05) is 37.3 Å². The number of aromatic amines is 1. The zero-order valence-corrected chi connectivity index (χ0v) is 14.0. The van der Waals surface area contributed by atoms with E-state index in [9.17, 15) is 8.42 Å². The summed E-state index contributed by atoms with van der Waals surface area (Å²) in [4.78, 5) is 2.21. The Morgan fingerprint density at radius 3 is 2.60 bits per heavy atom. The summed E-state index contributed by atoms with van der Waals surface area (Å²) in [5.41, 5.74) is 2.07. The van der Waals surface area contributed by atoms with Crippen molar-refractivity contribution in [1.29, 1.82) is 0 Å². The van der Waals surface area contributed by atoms with Crippen LogP contribution in [0.3, 0.4) is 0 Å². The largest absolute Gasteiger partial charge is 0.369 e. The number of sulfonamides is 1. The van der Waals surface area contributed by atoms with Crippen LogP contribution in [0.25, 0.3) is 10.9 Å². The molecule has 1 aromatic carbocycles. The number of halogens is 1. The molecular weight excluding hydrogens is 391 g/mol. The van der Waals surface area contributed by atoms with Gasteiger partial charge in [-0.25, -0.2) is 8.42 Å². The van der Waals surface area contributed by atoms with Crippen LogP contribution in [0.5, 0.6) is 0 Å². The maximum absolute atomic E-state index is 11.5. The highest BCUT2D eigenvalue weighted by Crippen LogP contribution is 2.25. The zero-order valence-electron chi connectivity index (χ0n) is 11.0. The average Bonchev–Trinajstić information content (AvgIpc) is 2.79. The molecule has 1 N–H and O–H groups in total. The van der Waals surface area contributed by atoms with Crippen LogP contribution < -0.4 is 4.90 Å². The van der Waals surface area contributed by atoms with E-state index in [1.165, 1.54) is 10.6 Å². The Labute approximate surface area is 131 Å². The highest BCUT2D eigenvalue weighted by molar-refractivity contribution is 14.1. The first kappa shape index (κ1) is 14.1. The molecule has 0 bridgehead atoms. The van der Waals surface area contributed by atoms with E-state index in [4.69, 9.17) is 0 Å². The van der Waals surface area contributed by atoms with E-state index in [0.717, 1.165) is 20.3 Å². The molecule has 1 aromatic heterocycles. The topological polar surface area (TPSA) is 69.3 Å². The number of rotatable bonds is 2. The molecule has 0 amide bonds. The SMILES string of the molecule is CS(=O)(=O)N1CCN(c2ccc3n[nH]c(I)c3c2)CC1. The van der Waals surface area contributed by atoms with Crippen LogP contribution in [0.15, 0.2) is 18.2 Å². The standard InChI is InChI=1S/C12H15IN4O2S/c1-20(18,19)17-6-4-16(5-7-17)9-2-3-11-10(8-9)12(13)15-14-11/h2-3,8H,4-7H2,1H3,(H,14,15). The average molecular weight is 406 g/mol. The van der Waals surface area contributed by atoms with Crippen LogP contribution in [0.1, 0.15) is 0 Å². The number of nitrogens with one attached hydrogen (secondary N) is 1. The summed E-state index contributed by atoms with van der Waals surface area (Å²) in [6.07, 6.45) is 1.27. The molecule has 20 heavy (non-hydrogen) atoms. The Morgan fingerprint density at radius 1 is 1.25 bits per heavy atom. The minimum absolute atomic E-state index is 0.541. The number of H-pyrrole nitrogens is 1. The third kappa shape index (κ3) is 2.63. The number of benzene rings is 1. The van der Waals surface area contributed by atoms with Crippen molar-refractivity contribution in [3.05, 3.63) is 21.9 Å². The molecule has 0 atom stereocenters. The number of nitrogens with zero attached hydrogens (tertiary/aromatic N) is 3. The molecule has 0 unspecified atom stereocenters. The van der Waals surface area contributed by atoms with Crippen LogP contribution in [0, 0.1) is 3.70 Å². The molecule has 6 nitrogen and oxygen atoms in total. The summed E-state index contributed by atoms with van der Waals surface area (Å²) in [6, 6.07) is 6.14. The van der Waals surface area contributed by atoms with E-state index in [1.54, 1.807) is 0 Å². The summed E-state index contributed by atoms with van der Waals surface area (Å²) >= 11 is 2.23. The van der Waals surface area contributed by atoms with Gasteiger partial charge in [0.1, 0.15) is 3.70 Å². The Kier molecular flexibility index (Phi) is 3.63. The molecule has 0 saturated carbocycles. The molecule has 1 aliphatic heterocycles. The number of anilines is 1. The van der Waals surface area contributed by atoms with Crippen molar-refractivity contribution in [1.82, 2.24) is 14.5 Å². The van der Waals surface area contributed by atoms with Crippen LogP contribution in [0.2, 0.25) is 0 Å². The van der Waals surface area contributed by atoms with Crippen LogP contribution in [0.4, 0.5) is 5.69 Å². The molecule has 108 valence electrons. The van der Waals surface area contributed by atoms with Crippen molar-refractivity contribution in [3.8, 4) is 0 Å². The third-order valence-corrected chi connectivity index (χ3v) is 5.69. The third-order valence-electron chi connectivity index (χ3n) is 3.56. The van der Waals surface area contributed by atoms with Crippen molar-refractivity contribution < 1.29 is 8.42 Å². The van der Waals surface area contributed by atoms with Gasteiger partial charge < -0.3 is 4.90 Å². The fourth-order valence-electron chi connectivity index (χ4n) is 2.44. The van der Waals surface area contributed by atoms with Crippen molar-refractivity contribution in [2.45, 2.75) is 0 Å². The van der Waals surface area contributed by atoms with Gasteiger partial charge in [-0.1, -0.05) is 0 Å². The highest BCUT2D eigenvalue weighted by Gasteiger charge is 2.23. The van der Waals surface area contributed by atoms with Gasteiger partial charge in [-0.2, -0.15) is 9.40 Å². The van der Waals surface area contributed by atoms with E-state index in [1.807, 2.05) is 12.1 Å². The molecule has 2 aromatic rings. The number of fused-ring (bicyclic) bond motifs is 1. The predicted octanol–water partition coefficient (Wildman–Crippen LogP) is 1.25. The van der Waals surface area contributed by atoms with Gasteiger partial charge in [0.05, 0.1) is 11.8 Å². The number of hydrogen-bond donors (Lipinski definition) is 1. The minimum Gasteiger partial charge on any atom is -0.369 e. The molecule has 0 aliphatic carbocycles. The van der Waals surface area contributed by atoms with Crippen LogP contribution in [-0.2, 0) is 10.0 Å². The second-order valence-corrected chi connectivity index (χ2v) is 7.95. The summed E-state index contributed by atoms with van der Waals surface area (Å²) < 4.78 is 25.6. The molecule has 1 saturated heterocycles. The normalized spacial score (nSPS) is 17.8. The van der Waals surface area contributed by atoms with Crippen molar-refractivity contribution in [2.75, 3.05) is 37.3 Å². The zero-order chi connectivity index (χ0) is 14.3. The van der Waals surface area contributed by atoms with E-state index in [-0.39, 0.29) is 0 Å². The lowest BCUT2D eigenvalue weighted by atomic mass is 10.2. The van der Waals surface area contributed by atoms with E-state index in [0.29, 0.717) is 26.2 Å². The molecule has 8 heteroatoms. The maximum Gasteiger partial charge on any atom is 0.211 e. The second-order valence-electron chi connectivity index (χ2n) is 4.89. The Hall–Kier alpha value is -0.870. The van der Waals surface area contributed by atoms with E-state index < -0.39 is 10.0 Å². The Morgan fingerprint density at radius 2 is 1.95 bits per heavy atom. The lowest BCUT2D eigenvalue weighted by Crippen LogP contribution is -2.48. The van der Waals surface area contributed by atoms with Gasteiger partial charge in [-0.15, -0.1) is 0 Å². The monoisotopic (exact) mass is 406 g/mol. The summed E-state index contributed by atoms with van der Waals surface area (Å²) in [5, 5.41) is 8.28. The van der Waals surface area contributed by atoms with Gasteiger partial charge in [0.25, 0.3) is 0 Å². The molecule has 1 aliphatic rings. The quantitative estimate of drug-likeness (QED) is 0.763. The summed E-state index contributed by atoms with van der Waals surface area (Å²) in [5.74, 6) is 0. The van der Waals surface area contributed by atoms with E-state index >= 15 is 0 Å². The number of aromatic nitrogens is 2.